The fourth-order valence-corrected chi connectivity index (χ4v) is 1.03. The van der Waals surface area contributed by atoms with Gasteiger partial charge in [0.15, 0.2) is 0 Å². The molecule has 1 N–H and O–H groups in total. The highest BCUT2D eigenvalue weighted by Crippen LogP contribution is 2.15. The monoisotopic (exact) mass is 224 g/mol. The van der Waals surface area contributed by atoms with Gasteiger partial charge in [0.05, 0.1) is 7.11 Å². The van der Waals surface area contributed by atoms with Crippen LogP contribution in [0.5, 0.6) is 0 Å². The van der Waals surface area contributed by atoms with Crippen LogP contribution in [0.25, 0.3) is 0 Å². The number of methoxy groups -OCH3 is 1. The smallest absolute Gasteiger partial charge is 0.384 e. The standard InChI is InChI=1S/C11H9ClO3/c1-15-11(14)7-6-10(13)8-2-4-9(12)5-3-8/h2-5,10,13H,1H3/t10-/m1/s1. The van der Waals surface area contributed by atoms with E-state index >= 15 is 0 Å². The molecule has 0 amide bonds. The third-order valence-electron chi connectivity index (χ3n) is 1.68. The molecule has 0 aromatic heterocycles. The largest absolute Gasteiger partial charge is 0.459 e. The fourth-order valence-electron chi connectivity index (χ4n) is 0.907. The molecule has 1 atom stereocenters. The Labute approximate surface area is 92.6 Å². The highest BCUT2D eigenvalue weighted by atomic mass is 35.5. The van der Waals surface area contributed by atoms with E-state index in [1.54, 1.807) is 24.3 Å². The number of hydrogen-bond donors (Lipinski definition) is 1. The van der Waals surface area contributed by atoms with E-state index in [2.05, 4.69) is 16.6 Å². The summed E-state index contributed by atoms with van der Waals surface area (Å²) in [5.41, 5.74) is 0.579. The zero-order valence-corrected chi connectivity index (χ0v) is 8.78. The van der Waals surface area contributed by atoms with Crippen LogP contribution in [0, 0.1) is 11.8 Å². The molecule has 1 aromatic carbocycles. The number of ether oxygens (including phenoxy) is 1. The van der Waals surface area contributed by atoms with Gasteiger partial charge >= 0.3 is 5.97 Å². The number of hydrogen-bond acceptors (Lipinski definition) is 3. The molecule has 78 valence electrons. The quantitative estimate of drug-likeness (QED) is 0.447. The van der Waals surface area contributed by atoms with Gasteiger partial charge in [-0.3, -0.25) is 0 Å². The minimum Gasteiger partial charge on any atom is -0.459 e. The summed E-state index contributed by atoms with van der Waals surface area (Å²) >= 11 is 5.67. The molecule has 0 unspecified atom stereocenters. The van der Waals surface area contributed by atoms with Gasteiger partial charge < -0.3 is 9.84 Å². The summed E-state index contributed by atoms with van der Waals surface area (Å²) in [6.45, 7) is 0. The predicted molar refractivity (Wildman–Crippen MR) is 56.2 cm³/mol. The van der Waals surface area contributed by atoms with Crippen LogP contribution in [0.4, 0.5) is 0 Å². The predicted octanol–water partition coefficient (Wildman–Crippen LogP) is 1.55. The molecule has 0 aliphatic heterocycles. The fraction of sp³-hybridized carbons (Fsp3) is 0.182. The number of esters is 1. The van der Waals surface area contributed by atoms with E-state index in [-0.39, 0.29) is 0 Å². The lowest BCUT2D eigenvalue weighted by Crippen LogP contribution is -1.98. The summed E-state index contributed by atoms with van der Waals surface area (Å²) in [6, 6.07) is 6.55. The van der Waals surface area contributed by atoms with Crippen molar-refractivity contribution in [3.05, 3.63) is 34.9 Å². The minimum atomic E-state index is -1.01. The Morgan fingerprint density at radius 1 is 1.47 bits per heavy atom. The number of benzene rings is 1. The third kappa shape index (κ3) is 3.62. The highest BCUT2D eigenvalue weighted by molar-refractivity contribution is 6.30. The van der Waals surface area contributed by atoms with Gasteiger partial charge in [0, 0.05) is 10.9 Å². The van der Waals surface area contributed by atoms with Crippen LogP contribution in [0.15, 0.2) is 24.3 Å². The molecule has 1 aromatic rings. The van der Waals surface area contributed by atoms with E-state index in [4.69, 9.17) is 11.6 Å². The number of carbonyl (C=O) groups excluding carboxylic acids is 1. The van der Waals surface area contributed by atoms with Crippen molar-refractivity contribution in [3.63, 3.8) is 0 Å². The van der Waals surface area contributed by atoms with E-state index in [0.717, 1.165) is 0 Å². The summed E-state index contributed by atoms with van der Waals surface area (Å²) in [5, 5.41) is 10.1. The molecule has 0 heterocycles. The van der Waals surface area contributed by atoms with E-state index < -0.39 is 12.1 Å². The van der Waals surface area contributed by atoms with Gasteiger partial charge in [-0.15, -0.1) is 0 Å². The average molecular weight is 225 g/mol. The molecule has 0 saturated carbocycles. The SMILES string of the molecule is COC(=O)C#C[C@@H](O)c1ccc(Cl)cc1. The second-order valence-electron chi connectivity index (χ2n) is 2.72. The second-order valence-corrected chi connectivity index (χ2v) is 3.15. The summed E-state index contributed by atoms with van der Waals surface area (Å²) in [7, 11) is 1.23. The summed E-state index contributed by atoms with van der Waals surface area (Å²) in [6.07, 6.45) is -1.01. The molecule has 0 radical (unpaired) electrons. The first-order valence-corrected chi connectivity index (χ1v) is 4.54. The highest BCUT2D eigenvalue weighted by Gasteiger charge is 2.03. The van der Waals surface area contributed by atoms with Gasteiger partial charge in [0.1, 0.15) is 6.10 Å². The third-order valence-corrected chi connectivity index (χ3v) is 1.93. The number of aliphatic hydroxyl groups excluding tert-OH is 1. The van der Waals surface area contributed by atoms with Crippen molar-refractivity contribution in [2.24, 2.45) is 0 Å². The second kappa shape index (κ2) is 5.40. The van der Waals surface area contributed by atoms with Crippen molar-refractivity contribution in [1.29, 1.82) is 0 Å². The molecule has 1 rings (SSSR count). The Balaban J connectivity index is 2.75. The molecule has 0 bridgehead atoms. The van der Waals surface area contributed by atoms with Crippen molar-refractivity contribution in [1.82, 2.24) is 0 Å². The number of carbonyl (C=O) groups is 1. The first-order valence-electron chi connectivity index (χ1n) is 4.16. The zero-order chi connectivity index (χ0) is 11.3. The Morgan fingerprint density at radius 2 is 2.07 bits per heavy atom. The molecule has 0 aliphatic carbocycles. The van der Waals surface area contributed by atoms with Gasteiger partial charge in [0.2, 0.25) is 0 Å². The Hall–Kier alpha value is -1.50. The molecule has 0 aliphatic rings. The zero-order valence-electron chi connectivity index (χ0n) is 8.03. The lowest BCUT2D eigenvalue weighted by molar-refractivity contribution is -0.133. The van der Waals surface area contributed by atoms with Gasteiger partial charge in [-0.05, 0) is 17.7 Å². The Morgan fingerprint density at radius 3 is 2.60 bits per heavy atom. The molecule has 15 heavy (non-hydrogen) atoms. The van der Waals surface area contributed by atoms with E-state index in [1.807, 2.05) is 0 Å². The Kier molecular flexibility index (Phi) is 4.17. The lowest BCUT2D eigenvalue weighted by atomic mass is 10.1. The van der Waals surface area contributed by atoms with Crippen molar-refractivity contribution in [2.75, 3.05) is 7.11 Å². The maximum absolute atomic E-state index is 10.7. The average Bonchev–Trinajstić information content (AvgIpc) is 2.26. The van der Waals surface area contributed by atoms with Crippen LogP contribution in [0.3, 0.4) is 0 Å². The summed E-state index contributed by atoms with van der Waals surface area (Å²) in [5.74, 6) is 3.83. The minimum absolute atomic E-state index is 0.576. The number of aliphatic hydroxyl groups is 1. The first kappa shape index (κ1) is 11.6. The van der Waals surface area contributed by atoms with Crippen LogP contribution in [-0.2, 0) is 9.53 Å². The normalized spacial score (nSPS) is 11.1. The summed E-state index contributed by atoms with van der Waals surface area (Å²) in [4.78, 5) is 10.7. The number of rotatable bonds is 1. The van der Waals surface area contributed by atoms with Crippen LogP contribution in [0.2, 0.25) is 5.02 Å². The van der Waals surface area contributed by atoms with Crippen molar-refractivity contribution < 1.29 is 14.6 Å². The van der Waals surface area contributed by atoms with Crippen LogP contribution < -0.4 is 0 Å². The van der Waals surface area contributed by atoms with Gasteiger partial charge in [-0.1, -0.05) is 29.7 Å². The molecule has 0 fully saturated rings. The van der Waals surface area contributed by atoms with Crippen LogP contribution >= 0.6 is 11.6 Å². The summed E-state index contributed by atoms with van der Waals surface area (Å²) < 4.78 is 4.31. The lowest BCUT2D eigenvalue weighted by Gasteiger charge is -2.02. The van der Waals surface area contributed by atoms with Crippen molar-refractivity contribution in [2.45, 2.75) is 6.10 Å². The molecule has 0 saturated heterocycles. The van der Waals surface area contributed by atoms with Crippen molar-refractivity contribution >= 4 is 17.6 Å². The number of halogens is 1. The topological polar surface area (TPSA) is 46.5 Å². The molecule has 4 heteroatoms. The molecular formula is C11H9ClO3. The van der Waals surface area contributed by atoms with E-state index in [1.165, 1.54) is 7.11 Å². The van der Waals surface area contributed by atoms with Crippen molar-refractivity contribution in [3.8, 4) is 11.8 Å². The Bertz CT molecular complexity index is 400. The molecule has 3 nitrogen and oxygen atoms in total. The molecule has 0 spiro atoms. The maximum atomic E-state index is 10.7. The van der Waals surface area contributed by atoms with E-state index in [0.29, 0.717) is 10.6 Å². The van der Waals surface area contributed by atoms with Crippen LogP contribution in [-0.4, -0.2) is 18.2 Å². The van der Waals surface area contributed by atoms with Gasteiger partial charge in [-0.25, -0.2) is 4.79 Å². The van der Waals surface area contributed by atoms with Gasteiger partial charge in [-0.2, -0.15) is 0 Å². The van der Waals surface area contributed by atoms with E-state index in [9.17, 15) is 9.90 Å². The maximum Gasteiger partial charge on any atom is 0.384 e. The van der Waals surface area contributed by atoms with Gasteiger partial charge in [0.25, 0.3) is 0 Å². The van der Waals surface area contributed by atoms with Crippen LogP contribution in [0.1, 0.15) is 11.7 Å². The molecular weight excluding hydrogens is 216 g/mol. The first-order chi connectivity index (χ1) is 7.13.